The first-order valence-electron chi connectivity index (χ1n) is 6.38. The van der Waals surface area contributed by atoms with Gasteiger partial charge in [-0.3, -0.25) is 5.43 Å². The van der Waals surface area contributed by atoms with Gasteiger partial charge in [-0.25, -0.2) is 5.43 Å². The highest BCUT2D eigenvalue weighted by Crippen LogP contribution is 2.38. The third-order valence-electron chi connectivity index (χ3n) is 4.12. The van der Waals surface area contributed by atoms with Gasteiger partial charge in [-0.05, 0) is 30.5 Å². The van der Waals surface area contributed by atoms with Crippen molar-refractivity contribution in [1.82, 2.24) is 10.9 Å². The standard InChI is InChI=1S/C13H17Cl2N3/c14-8-5-4-7(6-9(8)15)13-12-10(16)2-1-3-11(12)17-18-13/h4-6,10-13,17-18H,1-3,16H2. The Hall–Kier alpha value is -0.320. The highest BCUT2D eigenvalue weighted by atomic mass is 35.5. The number of hydrogen-bond acceptors (Lipinski definition) is 3. The second-order valence-corrected chi connectivity index (χ2v) is 6.03. The van der Waals surface area contributed by atoms with Gasteiger partial charge in [-0.15, -0.1) is 0 Å². The lowest BCUT2D eigenvalue weighted by molar-refractivity contribution is 0.265. The molecule has 4 atom stereocenters. The van der Waals surface area contributed by atoms with Crippen molar-refractivity contribution in [3.8, 4) is 0 Å². The van der Waals surface area contributed by atoms with Gasteiger partial charge in [0.2, 0.25) is 0 Å². The van der Waals surface area contributed by atoms with Crippen molar-refractivity contribution < 1.29 is 0 Å². The Bertz CT molecular complexity index is 452. The fraction of sp³-hybridized carbons (Fsp3) is 0.538. The fourth-order valence-corrected chi connectivity index (χ4v) is 3.52. The van der Waals surface area contributed by atoms with E-state index in [0.717, 1.165) is 12.0 Å². The zero-order chi connectivity index (χ0) is 12.7. The molecular formula is C13H17Cl2N3. The maximum Gasteiger partial charge on any atom is 0.0595 e. The SMILES string of the molecule is NC1CCCC2NNC(c3ccc(Cl)c(Cl)c3)C12. The highest BCUT2D eigenvalue weighted by molar-refractivity contribution is 6.42. The van der Waals surface area contributed by atoms with E-state index in [1.807, 2.05) is 18.2 Å². The third-order valence-corrected chi connectivity index (χ3v) is 4.86. The van der Waals surface area contributed by atoms with Gasteiger partial charge < -0.3 is 5.73 Å². The lowest BCUT2D eigenvalue weighted by Gasteiger charge is -2.33. The molecule has 1 aliphatic heterocycles. The van der Waals surface area contributed by atoms with Crippen LogP contribution >= 0.6 is 23.2 Å². The van der Waals surface area contributed by atoms with Crippen molar-refractivity contribution in [2.45, 2.75) is 37.4 Å². The molecule has 1 aromatic carbocycles. The van der Waals surface area contributed by atoms with Crippen LogP contribution in [-0.4, -0.2) is 12.1 Å². The number of nitrogens with two attached hydrogens (primary N) is 1. The lowest BCUT2D eigenvalue weighted by Crippen LogP contribution is -2.43. The van der Waals surface area contributed by atoms with Gasteiger partial charge in [0.05, 0.1) is 16.1 Å². The number of benzene rings is 1. The molecule has 5 heteroatoms. The smallest absolute Gasteiger partial charge is 0.0595 e. The Kier molecular flexibility index (Phi) is 3.52. The predicted molar refractivity (Wildman–Crippen MR) is 74.6 cm³/mol. The Balaban J connectivity index is 1.89. The van der Waals surface area contributed by atoms with Crippen LogP contribution in [0.25, 0.3) is 0 Å². The number of hydrazine groups is 1. The van der Waals surface area contributed by atoms with Crippen LogP contribution in [0, 0.1) is 5.92 Å². The first kappa shape index (κ1) is 12.7. The van der Waals surface area contributed by atoms with E-state index in [0.29, 0.717) is 22.0 Å². The molecule has 98 valence electrons. The molecule has 2 aliphatic rings. The summed E-state index contributed by atoms with van der Waals surface area (Å²) in [6.07, 6.45) is 3.48. The topological polar surface area (TPSA) is 50.1 Å². The van der Waals surface area contributed by atoms with Crippen LogP contribution in [-0.2, 0) is 0 Å². The average Bonchev–Trinajstić information content (AvgIpc) is 2.78. The van der Waals surface area contributed by atoms with E-state index < -0.39 is 0 Å². The monoisotopic (exact) mass is 285 g/mol. The van der Waals surface area contributed by atoms with Gasteiger partial charge in [0.25, 0.3) is 0 Å². The fourth-order valence-electron chi connectivity index (χ4n) is 3.21. The Morgan fingerprint density at radius 1 is 1.11 bits per heavy atom. The molecule has 0 radical (unpaired) electrons. The summed E-state index contributed by atoms with van der Waals surface area (Å²) in [6, 6.07) is 6.74. The summed E-state index contributed by atoms with van der Waals surface area (Å²) >= 11 is 12.1. The van der Waals surface area contributed by atoms with Crippen LogP contribution < -0.4 is 16.6 Å². The summed E-state index contributed by atoms with van der Waals surface area (Å²) in [7, 11) is 0. The van der Waals surface area contributed by atoms with Gasteiger partial charge in [-0.2, -0.15) is 0 Å². The maximum absolute atomic E-state index is 6.28. The average molecular weight is 286 g/mol. The normalized spacial score (nSPS) is 35.5. The van der Waals surface area contributed by atoms with E-state index in [1.54, 1.807) is 0 Å². The van der Waals surface area contributed by atoms with Crippen LogP contribution in [0.3, 0.4) is 0 Å². The second-order valence-electron chi connectivity index (χ2n) is 5.22. The van der Waals surface area contributed by atoms with Crippen LogP contribution in [0.1, 0.15) is 30.9 Å². The Morgan fingerprint density at radius 2 is 1.94 bits per heavy atom. The van der Waals surface area contributed by atoms with Crippen molar-refractivity contribution >= 4 is 23.2 Å². The minimum Gasteiger partial charge on any atom is -0.327 e. The minimum absolute atomic E-state index is 0.222. The summed E-state index contributed by atoms with van der Waals surface area (Å²) in [6.45, 7) is 0. The lowest BCUT2D eigenvalue weighted by atomic mass is 9.76. The molecule has 0 spiro atoms. The zero-order valence-corrected chi connectivity index (χ0v) is 11.5. The molecule has 4 unspecified atom stereocenters. The van der Waals surface area contributed by atoms with E-state index in [9.17, 15) is 0 Å². The molecule has 1 saturated heterocycles. The van der Waals surface area contributed by atoms with E-state index in [4.69, 9.17) is 28.9 Å². The van der Waals surface area contributed by atoms with E-state index in [2.05, 4.69) is 10.9 Å². The minimum atomic E-state index is 0.222. The third kappa shape index (κ3) is 2.15. The number of rotatable bonds is 1. The quantitative estimate of drug-likeness (QED) is 0.744. The molecule has 1 aromatic rings. The molecule has 2 fully saturated rings. The number of hydrogen-bond donors (Lipinski definition) is 3. The Morgan fingerprint density at radius 3 is 2.72 bits per heavy atom. The van der Waals surface area contributed by atoms with Gasteiger partial charge in [0, 0.05) is 18.0 Å². The number of halogens is 2. The van der Waals surface area contributed by atoms with Crippen molar-refractivity contribution in [2.75, 3.05) is 0 Å². The van der Waals surface area contributed by atoms with Crippen LogP contribution in [0.15, 0.2) is 18.2 Å². The summed E-state index contributed by atoms with van der Waals surface area (Å²) in [5.74, 6) is 0.427. The first-order chi connectivity index (χ1) is 8.66. The molecule has 3 rings (SSSR count). The molecule has 4 N–H and O–H groups in total. The highest BCUT2D eigenvalue weighted by Gasteiger charge is 2.42. The van der Waals surface area contributed by atoms with Crippen molar-refractivity contribution in [1.29, 1.82) is 0 Å². The van der Waals surface area contributed by atoms with E-state index in [1.165, 1.54) is 12.8 Å². The molecule has 0 aromatic heterocycles. The summed E-state index contributed by atoms with van der Waals surface area (Å²) < 4.78 is 0. The van der Waals surface area contributed by atoms with Crippen molar-refractivity contribution in [3.63, 3.8) is 0 Å². The second kappa shape index (κ2) is 4.99. The molecular weight excluding hydrogens is 269 g/mol. The largest absolute Gasteiger partial charge is 0.327 e. The predicted octanol–water partition coefficient (Wildman–Crippen LogP) is 2.64. The number of fused-ring (bicyclic) bond motifs is 1. The summed E-state index contributed by atoms with van der Waals surface area (Å²) in [5.41, 5.74) is 14.2. The molecule has 3 nitrogen and oxygen atoms in total. The van der Waals surface area contributed by atoms with E-state index in [-0.39, 0.29) is 12.1 Å². The Labute approximate surface area is 117 Å². The zero-order valence-electron chi connectivity index (χ0n) is 10.00. The molecule has 0 bridgehead atoms. The molecule has 1 heterocycles. The van der Waals surface area contributed by atoms with Crippen LogP contribution in [0.5, 0.6) is 0 Å². The summed E-state index contributed by atoms with van der Waals surface area (Å²) in [5, 5.41) is 1.19. The molecule has 0 amide bonds. The van der Waals surface area contributed by atoms with Gasteiger partial charge in [-0.1, -0.05) is 35.7 Å². The van der Waals surface area contributed by atoms with Crippen molar-refractivity contribution in [2.24, 2.45) is 11.7 Å². The van der Waals surface area contributed by atoms with Gasteiger partial charge in [0.1, 0.15) is 0 Å². The van der Waals surface area contributed by atoms with Gasteiger partial charge >= 0.3 is 0 Å². The molecule has 18 heavy (non-hydrogen) atoms. The maximum atomic E-state index is 6.28. The molecule has 1 saturated carbocycles. The number of nitrogens with one attached hydrogen (secondary N) is 2. The van der Waals surface area contributed by atoms with Crippen LogP contribution in [0.4, 0.5) is 0 Å². The molecule has 1 aliphatic carbocycles. The van der Waals surface area contributed by atoms with E-state index >= 15 is 0 Å². The van der Waals surface area contributed by atoms with Crippen molar-refractivity contribution in [3.05, 3.63) is 33.8 Å². The summed E-state index contributed by atoms with van der Waals surface area (Å²) in [4.78, 5) is 0. The first-order valence-corrected chi connectivity index (χ1v) is 7.14. The van der Waals surface area contributed by atoms with Crippen LogP contribution in [0.2, 0.25) is 10.0 Å². The van der Waals surface area contributed by atoms with Gasteiger partial charge in [0.15, 0.2) is 0 Å².